The van der Waals surface area contributed by atoms with Crippen LogP contribution in [-0.2, 0) is 0 Å². The van der Waals surface area contributed by atoms with Gasteiger partial charge in [0.15, 0.2) is 0 Å². The van der Waals surface area contributed by atoms with Gasteiger partial charge in [0.2, 0.25) is 0 Å². The molecule has 0 unspecified atom stereocenters. The Labute approximate surface area is 114 Å². The predicted molar refractivity (Wildman–Crippen MR) is 80.6 cm³/mol. The quantitative estimate of drug-likeness (QED) is 0.711. The molecular formula is C14H22N2OS. The van der Waals surface area contributed by atoms with Gasteiger partial charge in [-0.2, -0.15) is 11.8 Å². The maximum absolute atomic E-state index is 11.6. The number of nitrogens with one attached hydrogen (secondary N) is 2. The van der Waals surface area contributed by atoms with Gasteiger partial charge in [-0.15, -0.1) is 0 Å². The Morgan fingerprint density at radius 1 is 1.22 bits per heavy atom. The molecule has 2 N–H and O–H groups in total. The minimum atomic E-state index is -0.0102. The van der Waals surface area contributed by atoms with Crippen LogP contribution in [0.3, 0.4) is 0 Å². The summed E-state index contributed by atoms with van der Waals surface area (Å²) in [4.78, 5) is 11.6. The third-order valence-corrected chi connectivity index (χ3v) is 3.29. The highest BCUT2D eigenvalue weighted by Crippen LogP contribution is 2.10. The molecule has 0 fully saturated rings. The molecule has 0 aliphatic carbocycles. The van der Waals surface area contributed by atoms with Gasteiger partial charge in [-0.05, 0) is 56.0 Å². The zero-order valence-electron chi connectivity index (χ0n) is 11.2. The number of carbonyl (C=O) groups excluding carboxylic acids is 1. The fourth-order valence-corrected chi connectivity index (χ4v) is 2.10. The summed E-state index contributed by atoms with van der Waals surface area (Å²) in [5.74, 6) is 1.21. The fraction of sp³-hybridized carbons (Fsp3) is 0.500. The lowest BCUT2D eigenvalue weighted by atomic mass is 10.2. The van der Waals surface area contributed by atoms with Gasteiger partial charge in [0.1, 0.15) is 0 Å². The smallest absolute Gasteiger partial charge is 0.251 e. The molecule has 0 bridgehead atoms. The van der Waals surface area contributed by atoms with Crippen molar-refractivity contribution in [3.8, 4) is 0 Å². The summed E-state index contributed by atoms with van der Waals surface area (Å²) in [5.41, 5.74) is 1.79. The SMILES string of the molecule is CCNC(=O)c1ccc(NCCCCSC)cc1. The molecule has 1 amide bonds. The Balaban J connectivity index is 2.33. The highest BCUT2D eigenvalue weighted by molar-refractivity contribution is 7.98. The molecule has 0 spiro atoms. The van der Waals surface area contributed by atoms with Gasteiger partial charge in [-0.1, -0.05) is 0 Å². The number of anilines is 1. The highest BCUT2D eigenvalue weighted by atomic mass is 32.2. The van der Waals surface area contributed by atoms with Crippen molar-refractivity contribution in [3.05, 3.63) is 29.8 Å². The standard InChI is InChI=1S/C14H22N2OS/c1-3-15-14(17)12-6-8-13(9-7-12)16-10-4-5-11-18-2/h6-9,16H,3-5,10-11H2,1-2H3,(H,15,17). The van der Waals surface area contributed by atoms with E-state index in [1.54, 1.807) is 0 Å². The largest absolute Gasteiger partial charge is 0.385 e. The zero-order chi connectivity index (χ0) is 13.2. The van der Waals surface area contributed by atoms with Gasteiger partial charge >= 0.3 is 0 Å². The van der Waals surface area contributed by atoms with Crippen molar-refractivity contribution in [1.29, 1.82) is 0 Å². The van der Waals surface area contributed by atoms with Gasteiger partial charge in [0.25, 0.3) is 5.91 Å². The fourth-order valence-electron chi connectivity index (χ4n) is 1.61. The maximum Gasteiger partial charge on any atom is 0.251 e. The molecule has 1 aromatic carbocycles. The number of carbonyl (C=O) groups is 1. The highest BCUT2D eigenvalue weighted by Gasteiger charge is 2.02. The average Bonchev–Trinajstić information content (AvgIpc) is 2.39. The van der Waals surface area contributed by atoms with Crippen molar-refractivity contribution in [2.24, 2.45) is 0 Å². The molecule has 100 valence electrons. The summed E-state index contributed by atoms with van der Waals surface area (Å²) in [6.07, 6.45) is 4.55. The van der Waals surface area contributed by atoms with Crippen molar-refractivity contribution < 1.29 is 4.79 Å². The summed E-state index contributed by atoms with van der Waals surface area (Å²) >= 11 is 1.89. The summed E-state index contributed by atoms with van der Waals surface area (Å²) in [6, 6.07) is 7.63. The second kappa shape index (κ2) is 8.86. The monoisotopic (exact) mass is 266 g/mol. The molecular weight excluding hydrogens is 244 g/mol. The van der Waals surface area contributed by atoms with Gasteiger partial charge in [-0.25, -0.2) is 0 Å². The molecule has 0 saturated carbocycles. The lowest BCUT2D eigenvalue weighted by molar-refractivity contribution is 0.0956. The Hall–Kier alpha value is -1.16. The molecule has 0 saturated heterocycles. The van der Waals surface area contributed by atoms with Crippen LogP contribution in [0.15, 0.2) is 24.3 Å². The van der Waals surface area contributed by atoms with Crippen LogP contribution in [-0.4, -0.2) is 31.0 Å². The number of hydrogen-bond donors (Lipinski definition) is 2. The van der Waals surface area contributed by atoms with Gasteiger partial charge in [-0.3, -0.25) is 4.79 Å². The van der Waals surface area contributed by atoms with E-state index in [1.165, 1.54) is 18.6 Å². The molecule has 0 aliphatic heterocycles. The van der Waals surface area contributed by atoms with E-state index in [-0.39, 0.29) is 5.91 Å². The Morgan fingerprint density at radius 3 is 2.56 bits per heavy atom. The van der Waals surface area contributed by atoms with Crippen LogP contribution in [0.25, 0.3) is 0 Å². The van der Waals surface area contributed by atoms with Crippen molar-refractivity contribution in [2.45, 2.75) is 19.8 Å². The molecule has 0 aliphatic rings. The topological polar surface area (TPSA) is 41.1 Å². The summed E-state index contributed by atoms with van der Waals surface area (Å²) in [5, 5.41) is 6.15. The van der Waals surface area contributed by atoms with E-state index < -0.39 is 0 Å². The molecule has 3 nitrogen and oxygen atoms in total. The van der Waals surface area contributed by atoms with Crippen LogP contribution in [0.5, 0.6) is 0 Å². The minimum absolute atomic E-state index is 0.0102. The maximum atomic E-state index is 11.6. The molecule has 0 radical (unpaired) electrons. The van der Waals surface area contributed by atoms with E-state index in [4.69, 9.17) is 0 Å². The third kappa shape index (κ3) is 5.45. The van der Waals surface area contributed by atoms with Crippen LogP contribution in [0, 0.1) is 0 Å². The Morgan fingerprint density at radius 2 is 1.94 bits per heavy atom. The molecule has 0 aromatic heterocycles. The zero-order valence-corrected chi connectivity index (χ0v) is 12.0. The lowest BCUT2D eigenvalue weighted by Crippen LogP contribution is -2.22. The number of benzene rings is 1. The Bertz CT molecular complexity index is 351. The molecule has 0 atom stereocenters. The minimum Gasteiger partial charge on any atom is -0.385 e. The number of amides is 1. The van der Waals surface area contributed by atoms with Crippen LogP contribution < -0.4 is 10.6 Å². The van der Waals surface area contributed by atoms with Gasteiger partial charge < -0.3 is 10.6 Å². The number of thioether (sulfide) groups is 1. The first-order valence-electron chi connectivity index (χ1n) is 6.39. The molecule has 18 heavy (non-hydrogen) atoms. The second-order valence-electron chi connectivity index (χ2n) is 4.06. The normalized spacial score (nSPS) is 10.1. The van der Waals surface area contributed by atoms with Crippen molar-refractivity contribution in [3.63, 3.8) is 0 Å². The van der Waals surface area contributed by atoms with E-state index in [9.17, 15) is 4.79 Å². The van der Waals surface area contributed by atoms with Crippen LogP contribution in [0.2, 0.25) is 0 Å². The first-order valence-corrected chi connectivity index (χ1v) is 7.78. The van der Waals surface area contributed by atoms with E-state index >= 15 is 0 Å². The first kappa shape index (κ1) is 14.9. The predicted octanol–water partition coefficient (Wildman–Crippen LogP) is 2.99. The summed E-state index contributed by atoms with van der Waals surface area (Å²) in [7, 11) is 0. The lowest BCUT2D eigenvalue weighted by Gasteiger charge is -2.07. The molecule has 4 heteroatoms. The van der Waals surface area contributed by atoms with Crippen molar-refractivity contribution in [1.82, 2.24) is 5.32 Å². The van der Waals surface area contributed by atoms with E-state index in [0.717, 1.165) is 12.2 Å². The molecule has 0 heterocycles. The number of hydrogen-bond acceptors (Lipinski definition) is 3. The van der Waals surface area contributed by atoms with Gasteiger partial charge in [0, 0.05) is 24.3 Å². The summed E-state index contributed by atoms with van der Waals surface area (Å²) in [6.45, 7) is 3.57. The Kier molecular flexibility index (Phi) is 7.34. The van der Waals surface area contributed by atoms with Crippen LogP contribution in [0.1, 0.15) is 30.1 Å². The van der Waals surface area contributed by atoms with Crippen molar-refractivity contribution >= 4 is 23.4 Å². The first-order chi connectivity index (χ1) is 8.77. The number of rotatable bonds is 8. The van der Waals surface area contributed by atoms with E-state index in [0.29, 0.717) is 12.1 Å². The molecule has 1 aromatic rings. The number of unbranched alkanes of at least 4 members (excludes halogenated alkanes) is 1. The molecule has 1 rings (SSSR count). The summed E-state index contributed by atoms with van der Waals surface area (Å²) < 4.78 is 0. The average molecular weight is 266 g/mol. The van der Waals surface area contributed by atoms with Gasteiger partial charge in [0.05, 0.1) is 0 Å². The van der Waals surface area contributed by atoms with Crippen LogP contribution >= 0.6 is 11.8 Å². The van der Waals surface area contributed by atoms with Crippen molar-refractivity contribution in [2.75, 3.05) is 30.4 Å². The van der Waals surface area contributed by atoms with E-state index in [1.807, 2.05) is 43.0 Å². The van der Waals surface area contributed by atoms with Crippen LogP contribution in [0.4, 0.5) is 5.69 Å². The second-order valence-corrected chi connectivity index (χ2v) is 5.05. The van der Waals surface area contributed by atoms with E-state index in [2.05, 4.69) is 16.9 Å². The third-order valence-electron chi connectivity index (χ3n) is 2.59.